The van der Waals surface area contributed by atoms with Crippen LogP contribution in [0.25, 0.3) is 0 Å². The molecule has 0 atom stereocenters. The first-order valence-corrected chi connectivity index (χ1v) is 5.86. The summed E-state index contributed by atoms with van der Waals surface area (Å²) < 4.78 is 10.3. The minimum absolute atomic E-state index is 0.0519. The van der Waals surface area contributed by atoms with Crippen LogP contribution in [0, 0.1) is 0 Å². The Morgan fingerprint density at radius 3 is 2.81 bits per heavy atom. The van der Waals surface area contributed by atoms with Gasteiger partial charge >= 0.3 is 0 Å². The second-order valence-corrected chi connectivity index (χ2v) is 3.98. The van der Waals surface area contributed by atoms with Crippen LogP contribution < -0.4 is 10.6 Å². The first-order valence-electron chi connectivity index (χ1n) is 5.86. The molecule has 0 saturated heterocycles. The second kappa shape index (κ2) is 7.60. The minimum atomic E-state index is 0.0519. The van der Waals surface area contributed by atoms with Gasteiger partial charge in [-0.05, 0) is 19.8 Å². The molecular weight excluding hydrogens is 208 g/mol. The molecule has 1 rings (SSSR count). The minimum Gasteiger partial charge on any atom is -0.383 e. The summed E-state index contributed by atoms with van der Waals surface area (Å²) in [6.45, 7) is 4.44. The molecule has 5 nitrogen and oxygen atoms in total. The summed E-state index contributed by atoms with van der Waals surface area (Å²) in [4.78, 5) is 11.4. The van der Waals surface area contributed by atoms with E-state index in [9.17, 15) is 4.79 Å². The van der Waals surface area contributed by atoms with E-state index < -0.39 is 0 Å². The zero-order chi connectivity index (χ0) is 11.8. The number of hydrogen-bond donors (Lipinski definition) is 2. The van der Waals surface area contributed by atoms with Crippen molar-refractivity contribution in [3.63, 3.8) is 0 Å². The standard InChI is InChI=1S/C11H22N2O3/c1-3-16-10-6-9(7-10)13-11(14)8-12-4-5-15-2/h9-10,12H,3-8H2,1-2H3,(H,13,14). The Kier molecular flexibility index (Phi) is 6.37. The Morgan fingerprint density at radius 1 is 1.44 bits per heavy atom. The average Bonchev–Trinajstić information content (AvgIpc) is 2.21. The molecule has 0 spiro atoms. The van der Waals surface area contributed by atoms with Gasteiger partial charge in [0.2, 0.25) is 5.91 Å². The molecule has 5 heteroatoms. The van der Waals surface area contributed by atoms with Crippen molar-refractivity contribution in [2.75, 3.05) is 33.4 Å². The quantitative estimate of drug-likeness (QED) is 0.572. The van der Waals surface area contributed by atoms with Crippen LogP contribution in [0.15, 0.2) is 0 Å². The normalized spacial score (nSPS) is 23.9. The molecule has 0 radical (unpaired) electrons. The lowest BCUT2D eigenvalue weighted by Gasteiger charge is -2.35. The number of carbonyl (C=O) groups excluding carboxylic acids is 1. The maximum atomic E-state index is 11.4. The molecule has 0 aliphatic heterocycles. The van der Waals surface area contributed by atoms with Gasteiger partial charge in [0.25, 0.3) is 0 Å². The van der Waals surface area contributed by atoms with Crippen LogP contribution >= 0.6 is 0 Å². The highest BCUT2D eigenvalue weighted by Crippen LogP contribution is 2.22. The molecule has 0 aromatic heterocycles. The third kappa shape index (κ3) is 4.92. The van der Waals surface area contributed by atoms with Crippen molar-refractivity contribution in [1.29, 1.82) is 0 Å². The van der Waals surface area contributed by atoms with Gasteiger partial charge in [0, 0.05) is 26.3 Å². The third-order valence-electron chi connectivity index (χ3n) is 2.63. The molecule has 0 aromatic carbocycles. The van der Waals surface area contributed by atoms with Crippen molar-refractivity contribution in [3.8, 4) is 0 Å². The molecule has 2 N–H and O–H groups in total. The summed E-state index contributed by atoms with van der Waals surface area (Å²) in [6.07, 6.45) is 2.23. The van der Waals surface area contributed by atoms with Crippen molar-refractivity contribution >= 4 is 5.91 Å². The number of nitrogens with one attached hydrogen (secondary N) is 2. The fourth-order valence-corrected chi connectivity index (χ4v) is 1.71. The highest BCUT2D eigenvalue weighted by Gasteiger charge is 2.30. The molecule has 0 heterocycles. The molecule has 0 aromatic rings. The largest absolute Gasteiger partial charge is 0.383 e. The number of ether oxygens (including phenoxy) is 2. The van der Waals surface area contributed by atoms with E-state index in [2.05, 4.69) is 10.6 Å². The number of methoxy groups -OCH3 is 1. The molecule has 0 unspecified atom stereocenters. The van der Waals surface area contributed by atoms with Gasteiger partial charge in [-0.1, -0.05) is 0 Å². The van der Waals surface area contributed by atoms with Crippen LogP contribution in [0.2, 0.25) is 0 Å². The topological polar surface area (TPSA) is 59.6 Å². The van der Waals surface area contributed by atoms with Crippen molar-refractivity contribution in [3.05, 3.63) is 0 Å². The Bertz CT molecular complexity index is 205. The zero-order valence-electron chi connectivity index (χ0n) is 10.1. The molecule has 1 amide bonds. The molecular formula is C11H22N2O3. The lowest BCUT2D eigenvalue weighted by Crippen LogP contribution is -2.50. The van der Waals surface area contributed by atoms with Gasteiger partial charge in [-0.15, -0.1) is 0 Å². The molecule has 1 fully saturated rings. The third-order valence-corrected chi connectivity index (χ3v) is 2.63. The molecule has 16 heavy (non-hydrogen) atoms. The van der Waals surface area contributed by atoms with Gasteiger partial charge in [0.15, 0.2) is 0 Å². The summed E-state index contributed by atoms with van der Waals surface area (Å²) in [5.74, 6) is 0.0519. The van der Waals surface area contributed by atoms with E-state index in [1.165, 1.54) is 0 Å². The Labute approximate surface area is 96.9 Å². The highest BCUT2D eigenvalue weighted by atomic mass is 16.5. The predicted octanol–water partition coefficient (Wildman–Crippen LogP) is -0.0939. The van der Waals surface area contributed by atoms with Crippen LogP contribution in [-0.4, -0.2) is 51.5 Å². The second-order valence-electron chi connectivity index (χ2n) is 3.98. The SMILES string of the molecule is CCOC1CC(NC(=O)CNCCOC)C1. The van der Waals surface area contributed by atoms with Gasteiger partial charge in [-0.2, -0.15) is 0 Å². The van der Waals surface area contributed by atoms with E-state index in [4.69, 9.17) is 9.47 Å². The van der Waals surface area contributed by atoms with Crippen LogP contribution in [0.1, 0.15) is 19.8 Å². The Hall–Kier alpha value is -0.650. The fraction of sp³-hybridized carbons (Fsp3) is 0.909. The van der Waals surface area contributed by atoms with Gasteiger partial charge in [-0.3, -0.25) is 4.79 Å². The van der Waals surface area contributed by atoms with E-state index in [-0.39, 0.29) is 5.91 Å². The Morgan fingerprint density at radius 2 is 2.19 bits per heavy atom. The maximum Gasteiger partial charge on any atom is 0.234 e. The summed E-state index contributed by atoms with van der Waals surface area (Å²) in [6, 6.07) is 0.299. The van der Waals surface area contributed by atoms with Gasteiger partial charge in [0.1, 0.15) is 0 Å². The van der Waals surface area contributed by atoms with Crippen LogP contribution in [0.4, 0.5) is 0 Å². The molecule has 0 bridgehead atoms. The lowest BCUT2D eigenvalue weighted by molar-refractivity contribution is -0.122. The molecule has 1 saturated carbocycles. The zero-order valence-corrected chi connectivity index (χ0v) is 10.1. The summed E-state index contributed by atoms with van der Waals surface area (Å²) >= 11 is 0. The lowest BCUT2D eigenvalue weighted by atomic mass is 9.89. The van der Waals surface area contributed by atoms with Crippen molar-refractivity contribution in [2.24, 2.45) is 0 Å². The van der Waals surface area contributed by atoms with E-state index >= 15 is 0 Å². The number of amides is 1. The number of rotatable bonds is 8. The first-order chi connectivity index (χ1) is 7.76. The van der Waals surface area contributed by atoms with E-state index in [1.807, 2.05) is 6.92 Å². The first kappa shape index (κ1) is 13.4. The smallest absolute Gasteiger partial charge is 0.234 e. The average molecular weight is 230 g/mol. The fourth-order valence-electron chi connectivity index (χ4n) is 1.71. The van der Waals surface area contributed by atoms with Crippen LogP contribution in [0.3, 0.4) is 0 Å². The molecule has 94 valence electrons. The van der Waals surface area contributed by atoms with Crippen molar-refractivity contribution < 1.29 is 14.3 Å². The summed E-state index contributed by atoms with van der Waals surface area (Å²) in [5.41, 5.74) is 0. The highest BCUT2D eigenvalue weighted by molar-refractivity contribution is 5.78. The van der Waals surface area contributed by atoms with E-state index in [0.717, 1.165) is 19.4 Å². The summed E-state index contributed by atoms with van der Waals surface area (Å²) in [7, 11) is 1.64. The van der Waals surface area contributed by atoms with Crippen molar-refractivity contribution in [2.45, 2.75) is 31.9 Å². The van der Waals surface area contributed by atoms with Gasteiger partial charge in [0.05, 0.1) is 19.3 Å². The van der Waals surface area contributed by atoms with Gasteiger partial charge in [-0.25, -0.2) is 0 Å². The van der Waals surface area contributed by atoms with Crippen LogP contribution in [0.5, 0.6) is 0 Å². The van der Waals surface area contributed by atoms with Crippen LogP contribution in [-0.2, 0) is 14.3 Å². The van der Waals surface area contributed by atoms with E-state index in [1.54, 1.807) is 7.11 Å². The monoisotopic (exact) mass is 230 g/mol. The molecule has 1 aliphatic carbocycles. The maximum absolute atomic E-state index is 11.4. The number of hydrogen-bond acceptors (Lipinski definition) is 4. The number of carbonyl (C=O) groups is 1. The Balaban J connectivity index is 1.95. The van der Waals surface area contributed by atoms with Gasteiger partial charge < -0.3 is 20.1 Å². The van der Waals surface area contributed by atoms with E-state index in [0.29, 0.717) is 31.8 Å². The predicted molar refractivity (Wildman–Crippen MR) is 61.3 cm³/mol. The van der Waals surface area contributed by atoms with Crippen molar-refractivity contribution in [1.82, 2.24) is 10.6 Å². The molecule has 1 aliphatic rings. The summed E-state index contributed by atoms with van der Waals surface area (Å²) in [5, 5.41) is 5.97.